The van der Waals surface area contributed by atoms with Crippen molar-refractivity contribution in [2.24, 2.45) is 12.0 Å². The van der Waals surface area contributed by atoms with Gasteiger partial charge in [0.2, 0.25) is 0 Å². The molecule has 0 fully saturated rings. The summed E-state index contributed by atoms with van der Waals surface area (Å²) in [5.41, 5.74) is 2.38. The maximum Gasteiger partial charge on any atom is 0.185 e. The number of fused-ring (bicyclic) bond motifs is 1. The Bertz CT molecular complexity index is 575. The van der Waals surface area contributed by atoms with Crippen LogP contribution in [0.2, 0.25) is 0 Å². The average molecular weight is 245 g/mol. The van der Waals surface area contributed by atoms with Crippen LogP contribution in [0.1, 0.15) is 11.4 Å². The van der Waals surface area contributed by atoms with Crippen LogP contribution >= 0.6 is 11.8 Å². The van der Waals surface area contributed by atoms with Gasteiger partial charge in [0.15, 0.2) is 5.82 Å². The first-order valence-corrected chi connectivity index (χ1v) is 6.31. The molecular weight excluding hydrogens is 234 g/mol. The number of para-hydroxylation sites is 1. The SMILES string of the molecule is Cn1nnc(CSC2=Nc3ccccc3C2)n1. The second-order valence-corrected chi connectivity index (χ2v) is 4.84. The van der Waals surface area contributed by atoms with Gasteiger partial charge in [0.1, 0.15) is 0 Å². The van der Waals surface area contributed by atoms with Crippen molar-refractivity contribution in [1.82, 2.24) is 20.2 Å². The van der Waals surface area contributed by atoms with Crippen LogP contribution in [-0.4, -0.2) is 25.3 Å². The summed E-state index contributed by atoms with van der Waals surface area (Å²) in [6.45, 7) is 0. The Morgan fingerprint density at radius 2 is 2.24 bits per heavy atom. The number of aliphatic imine (C=N–C) groups is 1. The minimum atomic E-state index is 0.723. The van der Waals surface area contributed by atoms with Crippen molar-refractivity contribution in [3.05, 3.63) is 35.7 Å². The lowest BCUT2D eigenvalue weighted by atomic mass is 10.2. The number of rotatable bonds is 2. The minimum absolute atomic E-state index is 0.723. The largest absolute Gasteiger partial charge is 0.246 e. The van der Waals surface area contributed by atoms with E-state index in [1.807, 2.05) is 18.2 Å². The highest BCUT2D eigenvalue weighted by Crippen LogP contribution is 2.30. The Balaban J connectivity index is 1.66. The standard InChI is InChI=1S/C11H11N5S/c1-16-14-10(13-15-16)7-17-11-6-8-4-2-3-5-9(8)12-11/h2-5H,6-7H2,1H3. The summed E-state index contributed by atoms with van der Waals surface area (Å²) in [6, 6.07) is 8.22. The number of tetrazole rings is 1. The predicted molar refractivity (Wildman–Crippen MR) is 67.3 cm³/mol. The lowest BCUT2D eigenvalue weighted by Gasteiger charge is -1.95. The number of benzene rings is 1. The predicted octanol–water partition coefficient (Wildman–Crippen LogP) is 1.73. The molecule has 2 aromatic rings. The maximum absolute atomic E-state index is 4.57. The van der Waals surface area contributed by atoms with Gasteiger partial charge in [-0.15, -0.1) is 22.0 Å². The van der Waals surface area contributed by atoms with Gasteiger partial charge in [-0.1, -0.05) is 18.2 Å². The van der Waals surface area contributed by atoms with Crippen molar-refractivity contribution in [3.8, 4) is 0 Å². The van der Waals surface area contributed by atoms with E-state index < -0.39 is 0 Å². The molecule has 0 unspecified atom stereocenters. The second-order valence-electron chi connectivity index (χ2n) is 3.79. The van der Waals surface area contributed by atoms with Crippen molar-refractivity contribution < 1.29 is 0 Å². The van der Waals surface area contributed by atoms with Gasteiger partial charge < -0.3 is 0 Å². The summed E-state index contributed by atoms with van der Waals surface area (Å²) in [4.78, 5) is 6.04. The molecule has 17 heavy (non-hydrogen) atoms. The smallest absolute Gasteiger partial charge is 0.185 e. The van der Waals surface area contributed by atoms with Crippen LogP contribution in [0, 0.1) is 0 Å². The van der Waals surface area contributed by atoms with Crippen LogP contribution in [0.5, 0.6) is 0 Å². The van der Waals surface area contributed by atoms with Gasteiger partial charge >= 0.3 is 0 Å². The first kappa shape index (κ1) is 10.5. The van der Waals surface area contributed by atoms with E-state index >= 15 is 0 Å². The van der Waals surface area contributed by atoms with Gasteiger partial charge in [-0.05, 0) is 16.8 Å². The lowest BCUT2D eigenvalue weighted by molar-refractivity contribution is 0.628. The van der Waals surface area contributed by atoms with Gasteiger partial charge in [-0.25, -0.2) is 4.99 Å². The number of aryl methyl sites for hydroxylation is 1. The van der Waals surface area contributed by atoms with E-state index in [9.17, 15) is 0 Å². The van der Waals surface area contributed by atoms with E-state index in [4.69, 9.17) is 0 Å². The summed E-state index contributed by atoms with van der Waals surface area (Å²) >= 11 is 1.68. The Hall–Kier alpha value is -1.69. The van der Waals surface area contributed by atoms with Crippen molar-refractivity contribution in [2.75, 3.05) is 0 Å². The van der Waals surface area contributed by atoms with Gasteiger partial charge in [0.25, 0.3) is 0 Å². The Kier molecular flexibility index (Phi) is 2.64. The van der Waals surface area contributed by atoms with Crippen LogP contribution in [0.25, 0.3) is 0 Å². The second kappa shape index (κ2) is 4.29. The molecule has 0 aliphatic carbocycles. The van der Waals surface area contributed by atoms with Crippen LogP contribution in [0.3, 0.4) is 0 Å². The lowest BCUT2D eigenvalue weighted by Crippen LogP contribution is -1.95. The number of hydrogen-bond donors (Lipinski definition) is 0. The summed E-state index contributed by atoms with van der Waals surface area (Å²) in [5, 5.41) is 13.0. The van der Waals surface area contributed by atoms with E-state index in [2.05, 4.69) is 26.5 Å². The summed E-state index contributed by atoms with van der Waals surface area (Å²) in [7, 11) is 1.77. The van der Waals surface area contributed by atoms with Crippen molar-refractivity contribution in [1.29, 1.82) is 0 Å². The number of nitrogens with zero attached hydrogens (tertiary/aromatic N) is 5. The summed E-state index contributed by atoms with van der Waals surface area (Å²) < 4.78 is 0. The van der Waals surface area contributed by atoms with Gasteiger partial charge in [-0.3, -0.25) is 0 Å². The molecule has 6 heteroatoms. The Morgan fingerprint density at radius 1 is 1.35 bits per heavy atom. The fourth-order valence-electron chi connectivity index (χ4n) is 1.72. The number of thioether (sulfide) groups is 1. The van der Waals surface area contributed by atoms with Crippen molar-refractivity contribution >= 4 is 22.5 Å². The molecule has 1 aliphatic heterocycles. The molecule has 1 aliphatic rings. The zero-order valence-corrected chi connectivity index (χ0v) is 10.2. The third-order valence-electron chi connectivity index (χ3n) is 2.50. The number of hydrogen-bond acceptors (Lipinski definition) is 5. The van der Waals surface area contributed by atoms with E-state index in [0.29, 0.717) is 0 Å². The molecule has 0 bridgehead atoms. The Morgan fingerprint density at radius 3 is 3.00 bits per heavy atom. The summed E-state index contributed by atoms with van der Waals surface area (Å²) in [5.74, 6) is 1.47. The zero-order chi connectivity index (χ0) is 11.7. The fourth-order valence-corrected chi connectivity index (χ4v) is 2.55. The highest BCUT2D eigenvalue weighted by atomic mass is 32.2. The van der Waals surface area contributed by atoms with E-state index in [-0.39, 0.29) is 0 Å². The zero-order valence-electron chi connectivity index (χ0n) is 9.37. The van der Waals surface area contributed by atoms with Crippen LogP contribution in [0.4, 0.5) is 5.69 Å². The molecule has 0 amide bonds. The number of aromatic nitrogens is 4. The van der Waals surface area contributed by atoms with Gasteiger partial charge in [0.05, 0.1) is 23.5 Å². The maximum atomic E-state index is 4.57. The Labute approximate surface area is 103 Å². The topological polar surface area (TPSA) is 56.0 Å². The molecule has 0 saturated carbocycles. The molecule has 0 atom stereocenters. The molecule has 2 heterocycles. The van der Waals surface area contributed by atoms with E-state index in [0.717, 1.165) is 28.7 Å². The quantitative estimate of drug-likeness (QED) is 0.808. The first-order valence-electron chi connectivity index (χ1n) is 5.32. The molecule has 0 radical (unpaired) electrons. The van der Waals surface area contributed by atoms with E-state index in [1.165, 1.54) is 10.4 Å². The molecule has 1 aromatic heterocycles. The molecule has 1 aromatic carbocycles. The fraction of sp³-hybridized carbons (Fsp3) is 0.273. The van der Waals surface area contributed by atoms with Crippen LogP contribution in [-0.2, 0) is 19.2 Å². The molecule has 3 rings (SSSR count). The van der Waals surface area contributed by atoms with E-state index in [1.54, 1.807) is 18.8 Å². The highest BCUT2D eigenvalue weighted by Gasteiger charge is 2.14. The monoisotopic (exact) mass is 245 g/mol. The van der Waals surface area contributed by atoms with Gasteiger partial charge in [-0.2, -0.15) is 4.80 Å². The average Bonchev–Trinajstić information content (AvgIpc) is 2.91. The summed E-state index contributed by atoms with van der Waals surface area (Å²) in [6.07, 6.45) is 0.918. The molecular formula is C11H11N5S. The molecule has 0 N–H and O–H groups in total. The van der Waals surface area contributed by atoms with Crippen molar-refractivity contribution in [2.45, 2.75) is 12.2 Å². The molecule has 0 saturated heterocycles. The molecule has 86 valence electrons. The van der Waals surface area contributed by atoms with Crippen molar-refractivity contribution in [3.63, 3.8) is 0 Å². The minimum Gasteiger partial charge on any atom is -0.246 e. The molecule has 0 spiro atoms. The first-order chi connectivity index (χ1) is 8.31. The van der Waals surface area contributed by atoms with Crippen LogP contribution < -0.4 is 0 Å². The third kappa shape index (κ3) is 2.21. The normalized spacial score (nSPS) is 13.6. The molecule has 5 nitrogen and oxygen atoms in total. The third-order valence-corrected chi connectivity index (χ3v) is 3.47. The van der Waals surface area contributed by atoms with Gasteiger partial charge in [0, 0.05) is 6.42 Å². The van der Waals surface area contributed by atoms with Crippen LogP contribution in [0.15, 0.2) is 29.3 Å². The highest BCUT2D eigenvalue weighted by molar-refractivity contribution is 8.13.